The lowest BCUT2D eigenvalue weighted by Gasteiger charge is -2.07. The van der Waals surface area contributed by atoms with E-state index < -0.39 is 21.1 Å². The lowest BCUT2D eigenvalue weighted by Crippen LogP contribution is -2.16. The number of carbonyl (C=O) groups is 1. The molecular weight excluding hydrogens is 266 g/mol. The molecule has 0 bridgehead atoms. The predicted octanol–water partition coefficient (Wildman–Crippen LogP) is 1.72. The second kappa shape index (κ2) is 4.73. The van der Waals surface area contributed by atoms with Crippen LogP contribution in [0.3, 0.4) is 0 Å². The van der Waals surface area contributed by atoms with Gasteiger partial charge in [-0.3, -0.25) is 0 Å². The summed E-state index contributed by atoms with van der Waals surface area (Å²) in [5.74, 6) is -1.32. The molecule has 0 aliphatic carbocycles. The third-order valence-corrected chi connectivity index (χ3v) is 4.42. The molecule has 1 aromatic rings. The first-order chi connectivity index (χ1) is 7.80. The molecular formula is C10H8ClNO4S. The van der Waals surface area contributed by atoms with Crippen LogP contribution in [0.15, 0.2) is 23.1 Å². The molecule has 5 nitrogen and oxygen atoms in total. The summed E-state index contributed by atoms with van der Waals surface area (Å²) in [7, 11) is -3.84. The van der Waals surface area contributed by atoms with Crippen LogP contribution >= 0.6 is 11.6 Å². The van der Waals surface area contributed by atoms with Gasteiger partial charge in [-0.2, -0.15) is 5.26 Å². The second-order valence-corrected chi connectivity index (χ2v) is 5.94. The van der Waals surface area contributed by atoms with E-state index in [0.717, 1.165) is 6.07 Å². The molecule has 0 radical (unpaired) electrons. The fraction of sp³-hybridized carbons (Fsp3) is 0.200. The van der Waals surface area contributed by atoms with Gasteiger partial charge in [0.1, 0.15) is 5.25 Å². The van der Waals surface area contributed by atoms with Gasteiger partial charge in [0.2, 0.25) is 0 Å². The maximum atomic E-state index is 11.8. The molecule has 0 saturated heterocycles. The molecule has 1 atom stereocenters. The highest BCUT2D eigenvalue weighted by atomic mass is 35.5. The Kier molecular flexibility index (Phi) is 3.76. The molecule has 0 spiro atoms. The van der Waals surface area contributed by atoms with E-state index in [0.29, 0.717) is 0 Å². The van der Waals surface area contributed by atoms with Gasteiger partial charge in [-0.15, -0.1) is 0 Å². The summed E-state index contributed by atoms with van der Waals surface area (Å²) in [5.41, 5.74) is -0.308. The fourth-order valence-corrected chi connectivity index (χ4v) is 2.40. The largest absolute Gasteiger partial charge is 0.478 e. The van der Waals surface area contributed by atoms with Gasteiger partial charge in [0.15, 0.2) is 9.84 Å². The SMILES string of the molecule is CC(C#N)S(=O)(=O)c1ccc(Cl)c(C(=O)O)c1. The van der Waals surface area contributed by atoms with Gasteiger partial charge < -0.3 is 5.11 Å². The summed E-state index contributed by atoms with van der Waals surface area (Å²) in [6, 6.07) is 4.91. The smallest absolute Gasteiger partial charge is 0.337 e. The van der Waals surface area contributed by atoms with Gasteiger partial charge in [0.05, 0.1) is 21.6 Å². The van der Waals surface area contributed by atoms with Crippen molar-refractivity contribution in [2.75, 3.05) is 0 Å². The first-order valence-corrected chi connectivity index (χ1v) is 6.39. The minimum absolute atomic E-state index is 0.0546. The molecule has 0 aromatic heterocycles. The molecule has 0 aliphatic rings. The molecule has 1 unspecified atom stereocenters. The number of benzene rings is 1. The number of nitrogens with zero attached hydrogens (tertiary/aromatic N) is 1. The molecule has 0 amide bonds. The highest BCUT2D eigenvalue weighted by Crippen LogP contribution is 2.23. The van der Waals surface area contributed by atoms with Crippen molar-refractivity contribution in [3.8, 4) is 6.07 Å². The van der Waals surface area contributed by atoms with E-state index in [1.807, 2.05) is 0 Å². The average Bonchev–Trinajstić information content (AvgIpc) is 2.27. The molecule has 0 saturated carbocycles. The van der Waals surface area contributed by atoms with Crippen LogP contribution in [0.4, 0.5) is 0 Å². The Hall–Kier alpha value is -1.58. The Balaban J connectivity index is 3.41. The minimum atomic E-state index is -3.84. The van der Waals surface area contributed by atoms with Gasteiger partial charge in [0, 0.05) is 0 Å². The molecule has 1 aromatic carbocycles. The lowest BCUT2D eigenvalue weighted by atomic mass is 10.2. The molecule has 0 heterocycles. The second-order valence-electron chi connectivity index (χ2n) is 3.26. The van der Waals surface area contributed by atoms with E-state index in [1.165, 1.54) is 19.1 Å². The molecule has 0 aliphatic heterocycles. The van der Waals surface area contributed by atoms with E-state index >= 15 is 0 Å². The van der Waals surface area contributed by atoms with Crippen LogP contribution in [-0.4, -0.2) is 24.7 Å². The van der Waals surface area contributed by atoms with Crippen LogP contribution in [0.2, 0.25) is 5.02 Å². The normalized spacial score (nSPS) is 12.8. The monoisotopic (exact) mass is 273 g/mol. The Morgan fingerprint density at radius 3 is 2.59 bits per heavy atom. The van der Waals surface area contributed by atoms with E-state index in [9.17, 15) is 13.2 Å². The Morgan fingerprint density at radius 2 is 2.12 bits per heavy atom. The summed E-state index contributed by atoms with van der Waals surface area (Å²) in [5, 5.41) is 16.1. The zero-order chi connectivity index (χ0) is 13.2. The number of hydrogen-bond acceptors (Lipinski definition) is 4. The van der Waals surface area contributed by atoms with Crippen molar-refractivity contribution in [2.45, 2.75) is 17.1 Å². The first kappa shape index (κ1) is 13.5. The number of sulfone groups is 1. The Morgan fingerprint density at radius 1 is 1.53 bits per heavy atom. The van der Waals surface area contributed by atoms with E-state index in [1.54, 1.807) is 6.07 Å². The number of hydrogen-bond donors (Lipinski definition) is 1. The predicted molar refractivity (Wildman–Crippen MR) is 60.7 cm³/mol. The van der Waals surface area contributed by atoms with Crippen molar-refractivity contribution in [2.24, 2.45) is 0 Å². The summed E-state index contributed by atoms with van der Waals surface area (Å²) in [4.78, 5) is 10.6. The van der Waals surface area contributed by atoms with Crippen LogP contribution in [0.1, 0.15) is 17.3 Å². The van der Waals surface area contributed by atoms with Gasteiger partial charge in [-0.1, -0.05) is 11.6 Å². The molecule has 0 fully saturated rings. The van der Waals surface area contributed by atoms with Crippen molar-refractivity contribution >= 4 is 27.4 Å². The van der Waals surface area contributed by atoms with Gasteiger partial charge in [-0.25, -0.2) is 13.2 Å². The topological polar surface area (TPSA) is 95.2 Å². The molecule has 1 N–H and O–H groups in total. The molecule has 1 rings (SSSR count). The Bertz CT molecular complexity index is 603. The molecule has 17 heavy (non-hydrogen) atoms. The third kappa shape index (κ3) is 2.57. The van der Waals surface area contributed by atoms with Gasteiger partial charge in [0.25, 0.3) is 0 Å². The van der Waals surface area contributed by atoms with E-state index in [4.69, 9.17) is 22.0 Å². The first-order valence-electron chi connectivity index (χ1n) is 4.47. The number of nitriles is 1. The molecule has 90 valence electrons. The van der Waals surface area contributed by atoms with Crippen LogP contribution in [-0.2, 0) is 9.84 Å². The highest BCUT2D eigenvalue weighted by Gasteiger charge is 2.24. The quantitative estimate of drug-likeness (QED) is 0.905. The third-order valence-electron chi connectivity index (χ3n) is 2.14. The number of carboxylic acid groups (broad SMARTS) is 1. The molecule has 7 heteroatoms. The highest BCUT2D eigenvalue weighted by molar-refractivity contribution is 7.92. The van der Waals surface area contributed by atoms with Crippen molar-refractivity contribution in [3.05, 3.63) is 28.8 Å². The summed E-state index contributed by atoms with van der Waals surface area (Å²) < 4.78 is 23.6. The van der Waals surface area contributed by atoms with E-state index in [2.05, 4.69) is 0 Å². The zero-order valence-electron chi connectivity index (χ0n) is 8.71. The van der Waals surface area contributed by atoms with Crippen molar-refractivity contribution in [3.63, 3.8) is 0 Å². The van der Waals surface area contributed by atoms with Crippen molar-refractivity contribution in [1.29, 1.82) is 5.26 Å². The van der Waals surface area contributed by atoms with Crippen LogP contribution < -0.4 is 0 Å². The standard InChI is InChI=1S/C10H8ClNO4S/c1-6(5-12)17(15,16)7-2-3-9(11)8(4-7)10(13)14/h2-4,6H,1H3,(H,13,14). The summed E-state index contributed by atoms with van der Waals surface area (Å²) in [6.45, 7) is 1.23. The summed E-state index contributed by atoms with van der Waals surface area (Å²) >= 11 is 5.61. The number of carboxylic acids is 1. The zero-order valence-corrected chi connectivity index (χ0v) is 10.3. The maximum absolute atomic E-state index is 11.8. The van der Waals surface area contributed by atoms with Gasteiger partial charge in [-0.05, 0) is 25.1 Å². The van der Waals surface area contributed by atoms with E-state index in [-0.39, 0.29) is 15.5 Å². The maximum Gasteiger partial charge on any atom is 0.337 e. The van der Waals surface area contributed by atoms with Crippen molar-refractivity contribution < 1.29 is 18.3 Å². The number of rotatable bonds is 3. The number of aromatic carboxylic acids is 1. The van der Waals surface area contributed by atoms with Crippen molar-refractivity contribution in [1.82, 2.24) is 0 Å². The average molecular weight is 274 g/mol. The van der Waals surface area contributed by atoms with Crippen LogP contribution in [0.5, 0.6) is 0 Å². The Labute approximate surface area is 103 Å². The number of halogens is 1. The lowest BCUT2D eigenvalue weighted by molar-refractivity contribution is 0.0697. The van der Waals surface area contributed by atoms with Crippen LogP contribution in [0.25, 0.3) is 0 Å². The fourth-order valence-electron chi connectivity index (χ4n) is 1.12. The summed E-state index contributed by atoms with van der Waals surface area (Å²) in [6.07, 6.45) is 0. The minimum Gasteiger partial charge on any atom is -0.478 e. The van der Waals surface area contributed by atoms with Gasteiger partial charge >= 0.3 is 5.97 Å². The van der Waals surface area contributed by atoms with Crippen LogP contribution in [0, 0.1) is 11.3 Å².